The Bertz CT molecular complexity index is 1060. The molecular weight excluding hydrogens is 368 g/mol. The summed E-state index contributed by atoms with van der Waals surface area (Å²) >= 11 is 0. The van der Waals surface area contributed by atoms with Crippen LogP contribution in [0.3, 0.4) is 0 Å². The zero-order valence-electron chi connectivity index (χ0n) is 15.3. The number of hydrogen-bond donors (Lipinski definition) is 3. The van der Waals surface area contributed by atoms with Crippen LogP contribution >= 0.6 is 0 Å². The van der Waals surface area contributed by atoms with Crippen LogP contribution in [-0.4, -0.2) is 22.9 Å². The molecule has 0 fully saturated rings. The quantitative estimate of drug-likeness (QED) is 0.551. The highest BCUT2D eigenvalue weighted by molar-refractivity contribution is 6.06. The average Bonchev–Trinajstić information content (AvgIpc) is 2.73. The average molecular weight is 386 g/mol. The van der Waals surface area contributed by atoms with E-state index in [1.807, 2.05) is 30.3 Å². The van der Waals surface area contributed by atoms with E-state index < -0.39 is 5.97 Å². The summed E-state index contributed by atoms with van der Waals surface area (Å²) in [5.41, 5.74) is 2.36. The molecule has 0 aliphatic carbocycles. The molecule has 6 heteroatoms. The van der Waals surface area contributed by atoms with E-state index >= 15 is 0 Å². The molecule has 3 aromatic carbocycles. The number of anilines is 2. The predicted molar refractivity (Wildman–Crippen MR) is 112 cm³/mol. The van der Waals surface area contributed by atoms with Gasteiger partial charge >= 0.3 is 5.97 Å². The summed E-state index contributed by atoms with van der Waals surface area (Å²) in [6.45, 7) is 0. The molecule has 0 aliphatic rings. The van der Waals surface area contributed by atoms with Gasteiger partial charge in [-0.3, -0.25) is 9.59 Å². The molecule has 144 valence electrons. The summed E-state index contributed by atoms with van der Waals surface area (Å²) in [6.07, 6.45) is 3.12. The Kier molecular flexibility index (Phi) is 6.17. The highest BCUT2D eigenvalue weighted by Gasteiger charge is 2.09. The minimum absolute atomic E-state index is 0.135. The summed E-state index contributed by atoms with van der Waals surface area (Å²) in [6, 6.07) is 21.8. The van der Waals surface area contributed by atoms with Crippen LogP contribution in [0.2, 0.25) is 0 Å². The van der Waals surface area contributed by atoms with Gasteiger partial charge in [-0.05, 0) is 54.1 Å². The molecule has 0 saturated carbocycles. The molecule has 6 nitrogen and oxygen atoms in total. The molecule has 3 aromatic rings. The molecule has 0 spiro atoms. The van der Waals surface area contributed by atoms with Crippen LogP contribution in [0.1, 0.15) is 26.3 Å². The lowest BCUT2D eigenvalue weighted by Gasteiger charge is -2.08. The molecular formula is C23H18N2O4. The van der Waals surface area contributed by atoms with Gasteiger partial charge in [-0.2, -0.15) is 0 Å². The number of nitrogens with one attached hydrogen (secondary N) is 2. The van der Waals surface area contributed by atoms with Crippen LogP contribution in [0.5, 0.6) is 0 Å². The van der Waals surface area contributed by atoms with Gasteiger partial charge in [0.2, 0.25) is 5.91 Å². The molecule has 0 radical (unpaired) electrons. The highest BCUT2D eigenvalue weighted by Crippen LogP contribution is 2.15. The molecule has 0 aromatic heterocycles. The van der Waals surface area contributed by atoms with E-state index in [0.717, 1.165) is 5.56 Å². The van der Waals surface area contributed by atoms with Gasteiger partial charge in [0, 0.05) is 23.0 Å². The number of hydrogen-bond acceptors (Lipinski definition) is 3. The van der Waals surface area contributed by atoms with Gasteiger partial charge in [0.05, 0.1) is 5.56 Å². The first-order chi connectivity index (χ1) is 14.0. The molecule has 3 rings (SSSR count). The maximum Gasteiger partial charge on any atom is 0.335 e. The third-order valence-electron chi connectivity index (χ3n) is 4.01. The van der Waals surface area contributed by atoms with Crippen molar-refractivity contribution in [3.63, 3.8) is 0 Å². The van der Waals surface area contributed by atoms with Crippen molar-refractivity contribution in [1.82, 2.24) is 0 Å². The van der Waals surface area contributed by atoms with E-state index in [9.17, 15) is 14.4 Å². The Labute approximate surface area is 167 Å². The van der Waals surface area contributed by atoms with Crippen molar-refractivity contribution in [2.24, 2.45) is 0 Å². The van der Waals surface area contributed by atoms with Gasteiger partial charge in [-0.1, -0.05) is 36.4 Å². The van der Waals surface area contributed by atoms with E-state index in [2.05, 4.69) is 10.6 Å². The van der Waals surface area contributed by atoms with Crippen molar-refractivity contribution < 1.29 is 19.5 Å². The molecule has 0 heterocycles. The molecule has 0 unspecified atom stereocenters. The minimum Gasteiger partial charge on any atom is -0.478 e. The van der Waals surface area contributed by atoms with Crippen molar-refractivity contribution in [3.05, 3.63) is 102 Å². The van der Waals surface area contributed by atoms with Gasteiger partial charge in [0.1, 0.15) is 0 Å². The highest BCUT2D eigenvalue weighted by atomic mass is 16.4. The Morgan fingerprint density at radius 2 is 1.45 bits per heavy atom. The molecule has 0 atom stereocenters. The third kappa shape index (κ3) is 5.64. The van der Waals surface area contributed by atoms with Crippen molar-refractivity contribution in [1.29, 1.82) is 0 Å². The zero-order chi connectivity index (χ0) is 20.6. The van der Waals surface area contributed by atoms with Crippen molar-refractivity contribution in [3.8, 4) is 0 Å². The smallest absolute Gasteiger partial charge is 0.335 e. The Balaban J connectivity index is 1.63. The number of carboxylic acid groups (broad SMARTS) is 1. The summed E-state index contributed by atoms with van der Waals surface area (Å²) in [7, 11) is 0. The van der Waals surface area contributed by atoms with E-state index in [-0.39, 0.29) is 17.4 Å². The SMILES string of the molecule is O=C(/C=C/c1ccccc1)Nc1cccc(C(=O)Nc2ccc(C(=O)O)cc2)c1. The fourth-order valence-electron chi connectivity index (χ4n) is 2.56. The second-order valence-electron chi connectivity index (χ2n) is 6.15. The number of benzene rings is 3. The Hall–Kier alpha value is -4.19. The molecule has 2 amide bonds. The zero-order valence-corrected chi connectivity index (χ0v) is 15.3. The van der Waals surface area contributed by atoms with Crippen LogP contribution in [0.15, 0.2) is 84.9 Å². The van der Waals surface area contributed by atoms with Crippen molar-refractivity contribution in [2.75, 3.05) is 10.6 Å². The van der Waals surface area contributed by atoms with Crippen LogP contribution in [0.25, 0.3) is 6.08 Å². The van der Waals surface area contributed by atoms with Crippen LogP contribution < -0.4 is 10.6 Å². The van der Waals surface area contributed by atoms with Crippen LogP contribution in [0, 0.1) is 0 Å². The summed E-state index contributed by atoms with van der Waals surface area (Å²) < 4.78 is 0. The topological polar surface area (TPSA) is 95.5 Å². The second-order valence-corrected chi connectivity index (χ2v) is 6.15. The first-order valence-electron chi connectivity index (χ1n) is 8.80. The number of carboxylic acids is 1. The van der Waals surface area contributed by atoms with E-state index in [1.54, 1.807) is 30.3 Å². The van der Waals surface area contributed by atoms with Crippen LogP contribution in [0.4, 0.5) is 11.4 Å². The molecule has 3 N–H and O–H groups in total. The van der Waals surface area contributed by atoms with E-state index in [0.29, 0.717) is 16.9 Å². The number of amides is 2. The lowest BCUT2D eigenvalue weighted by Crippen LogP contribution is -2.13. The summed E-state index contributed by atoms with van der Waals surface area (Å²) in [4.78, 5) is 35.4. The van der Waals surface area contributed by atoms with Gasteiger partial charge < -0.3 is 15.7 Å². The number of aromatic carboxylic acids is 1. The Morgan fingerprint density at radius 1 is 0.724 bits per heavy atom. The second kappa shape index (κ2) is 9.14. The number of carbonyl (C=O) groups excluding carboxylic acids is 2. The summed E-state index contributed by atoms with van der Waals surface area (Å²) in [5, 5.41) is 14.3. The normalized spacial score (nSPS) is 10.5. The van der Waals surface area contributed by atoms with Gasteiger partial charge in [-0.15, -0.1) is 0 Å². The largest absolute Gasteiger partial charge is 0.478 e. The van der Waals surface area contributed by atoms with Crippen LogP contribution in [-0.2, 0) is 4.79 Å². The number of carbonyl (C=O) groups is 3. The third-order valence-corrected chi connectivity index (χ3v) is 4.01. The maximum absolute atomic E-state index is 12.4. The summed E-state index contributed by atoms with van der Waals surface area (Å²) in [5.74, 6) is -1.72. The molecule has 0 aliphatic heterocycles. The lowest BCUT2D eigenvalue weighted by molar-refractivity contribution is -0.111. The first kappa shape index (κ1) is 19.6. The van der Waals surface area contributed by atoms with Crippen molar-refractivity contribution in [2.45, 2.75) is 0 Å². The minimum atomic E-state index is -1.03. The predicted octanol–water partition coefficient (Wildman–Crippen LogP) is 4.29. The number of rotatable bonds is 6. The van der Waals surface area contributed by atoms with Gasteiger partial charge in [-0.25, -0.2) is 4.79 Å². The molecule has 29 heavy (non-hydrogen) atoms. The van der Waals surface area contributed by atoms with Gasteiger partial charge in [0.15, 0.2) is 0 Å². The first-order valence-corrected chi connectivity index (χ1v) is 8.80. The fraction of sp³-hybridized carbons (Fsp3) is 0. The maximum atomic E-state index is 12.4. The van der Waals surface area contributed by atoms with Gasteiger partial charge in [0.25, 0.3) is 5.91 Å². The van der Waals surface area contributed by atoms with Crippen molar-refractivity contribution >= 4 is 35.2 Å². The standard InChI is InChI=1S/C23H18N2O4/c26-21(14-9-16-5-2-1-3-6-16)24-20-8-4-7-18(15-20)22(27)25-19-12-10-17(11-13-19)23(28)29/h1-15H,(H,24,26)(H,25,27)(H,28,29)/b14-9+. The molecule has 0 saturated heterocycles. The Morgan fingerprint density at radius 3 is 2.14 bits per heavy atom. The fourth-order valence-corrected chi connectivity index (χ4v) is 2.56. The van der Waals surface area contributed by atoms with E-state index in [4.69, 9.17) is 5.11 Å². The molecule has 0 bridgehead atoms. The van der Waals surface area contributed by atoms with E-state index in [1.165, 1.54) is 30.3 Å². The monoisotopic (exact) mass is 386 g/mol. The lowest BCUT2D eigenvalue weighted by atomic mass is 10.1.